The van der Waals surface area contributed by atoms with Crippen LogP contribution in [0.2, 0.25) is 0 Å². The second kappa shape index (κ2) is 9.06. The summed E-state index contributed by atoms with van der Waals surface area (Å²) >= 11 is 0. The molecule has 1 atom stereocenters. The monoisotopic (exact) mass is 419 g/mol. The number of carbonyl (C=O) groups excluding carboxylic acids is 2. The van der Waals surface area contributed by atoms with Crippen molar-refractivity contribution < 1.29 is 18.7 Å². The van der Waals surface area contributed by atoms with Gasteiger partial charge in [-0.05, 0) is 55.3 Å². The smallest absolute Gasteiger partial charge is 0.259 e. The van der Waals surface area contributed by atoms with E-state index >= 15 is 0 Å². The zero-order valence-corrected chi connectivity index (χ0v) is 17.6. The van der Waals surface area contributed by atoms with Gasteiger partial charge in [-0.25, -0.2) is 0 Å². The predicted molar refractivity (Wildman–Crippen MR) is 119 cm³/mol. The number of furan rings is 1. The molecule has 0 spiro atoms. The molecule has 0 saturated carbocycles. The van der Waals surface area contributed by atoms with Crippen LogP contribution in [0.5, 0.6) is 0 Å². The average molecular weight is 419 g/mol. The molecular weight excluding hydrogens is 394 g/mol. The number of carbonyl (C=O) groups is 2. The van der Waals surface area contributed by atoms with Gasteiger partial charge in [0.25, 0.3) is 5.91 Å². The number of para-hydroxylation sites is 1. The number of nitrogens with zero attached hydrogens (tertiary/aromatic N) is 1. The second-order valence-electron chi connectivity index (χ2n) is 7.58. The van der Waals surface area contributed by atoms with Crippen molar-refractivity contribution in [2.45, 2.75) is 25.9 Å². The molecule has 3 aromatic rings. The fourth-order valence-electron chi connectivity index (χ4n) is 3.85. The van der Waals surface area contributed by atoms with E-state index in [0.29, 0.717) is 35.3 Å². The Balaban J connectivity index is 1.43. The summed E-state index contributed by atoms with van der Waals surface area (Å²) in [5.41, 5.74) is 4.26. The normalized spacial score (nSPS) is 14.9. The van der Waals surface area contributed by atoms with Gasteiger partial charge in [-0.1, -0.05) is 18.2 Å². The molecule has 0 radical (unpaired) electrons. The highest BCUT2D eigenvalue weighted by Crippen LogP contribution is 2.33. The highest BCUT2D eigenvalue weighted by Gasteiger charge is 2.28. The number of fused-ring (bicyclic) bond motifs is 1. The summed E-state index contributed by atoms with van der Waals surface area (Å²) in [6, 6.07) is 17.3. The number of anilines is 3. The van der Waals surface area contributed by atoms with E-state index in [-0.39, 0.29) is 18.4 Å². The molecule has 31 heavy (non-hydrogen) atoms. The molecule has 0 saturated heterocycles. The van der Waals surface area contributed by atoms with E-state index in [1.807, 2.05) is 6.07 Å². The fraction of sp³-hybridized carbons (Fsp3) is 0.250. The molecule has 1 unspecified atom stereocenters. The summed E-state index contributed by atoms with van der Waals surface area (Å²) < 4.78 is 10.5. The molecule has 0 bridgehead atoms. The van der Waals surface area contributed by atoms with E-state index < -0.39 is 0 Å². The summed E-state index contributed by atoms with van der Waals surface area (Å²) in [7, 11) is 1.46. The van der Waals surface area contributed by atoms with Crippen LogP contribution in [0.1, 0.15) is 28.6 Å². The zero-order valence-electron chi connectivity index (χ0n) is 17.6. The number of amides is 2. The minimum absolute atomic E-state index is 0.0120. The van der Waals surface area contributed by atoms with Crippen molar-refractivity contribution in [3.8, 4) is 0 Å². The van der Waals surface area contributed by atoms with Crippen LogP contribution in [0.15, 0.2) is 65.3 Å². The Kier molecular flexibility index (Phi) is 6.04. The molecular formula is C24H25N3O4. The van der Waals surface area contributed by atoms with E-state index in [1.165, 1.54) is 18.4 Å². The quantitative estimate of drug-likeness (QED) is 0.603. The molecule has 1 aliphatic heterocycles. The van der Waals surface area contributed by atoms with Gasteiger partial charge in [0.2, 0.25) is 5.91 Å². The van der Waals surface area contributed by atoms with Gasteiger partial charge in [-0.3, -0.25) is 9.59 Å². The first-order chi connectivity index (χ1) is 15.0. The van der Waals surface area contributed by atoms with Crippen LogP contribution in [0.3, 0.4) is 0 Å². The fourth-order valence-corrected chi connectivity index (χ4v) is 3.85. The predicted octanol–water partition coefficient (Wildman–Crippen LogP) is 4.07. The molecule has 2 aromatic carbocycles. The molecule has 2 heterocycles. The third-order valence-corrected chi connectivity index (χ3v) is 5.35. The SMILES string of the molecule is COCC(=O)Nc1ccc(NC(=O)c2ccoc2CN2c3ccccc3CC2C)cc1. The molecule has 1 aromatic heterocycles. The van der Waals surface area contributed by atoms with Gasteiger partial charge >= 0.3 is 0 Å². The Morgan fingerprint density at radius 1 is 1.06 bits per heavy atom. The van der Waals surface area contributed by atoms with Crippen molar-refractivity contribution in [2.75, 3.05) is 29.3 Å². The second-order valence-corrected chi connectivity index (χ2v) is 7.58. The van der Waals surface area contributed by atoms with Gasteiger partial charge in [0, 0.05) is 30.2 Å². The Labute approximate surface area is 181 Å². The van der Waals surface area contributed by atoms with E-state index in [9.17, 15) is 9.59 Å². The van der Waals surface area contributed by atoms with Crippen LogP contribution < -0.4 is 15.5 Å². The molecule has 0 fully saturated rings. The lowest BCUT2D eigenvalue weighted by molar-refractivity contribution is -0.119. The number of benzene rings is 2. The topological polar surface area (TPSA) is 83.8 Å². The van der Waals surface area contributed by atoms with Crippen molar-refractivity contribution in [1.29, 1.82) is 0 Å². The molecule has 7 heteroatoms. The van der Waals surface area contributed by atoms with E-state index in [2.05, 4.69) is 40.7 Å². The lowest BCUT2D eigenvalue weighted by atomic mass is 10.1. The number of ether oxygens (including phenoxy) is 1. The van der Waals surface area contributed by atoms with E-state index in [4.69, 9.17) is 9.15 Å². The molecule has 7 nitrogen and oxygen atoms in total. The number of nitrogens with one attached hydrogen (secondary N) is 2. The maximum atomic E-state index is 12.9. The summed E-state index contributed by atoms with van der Waals surface area (Å²) in [6.45, 7) is 2.69. The minimum atomic E-state index is -0.236. The summed E-state index contributed by atoms with van der Waals surface area (Å²) in [5.74, 6) is 0.157. The Morgan fingerprint density at radius 3 is 2.52 bits per heavy atom. The van der Waals surface area contributed by atoms with Crippen LogP contribution in [-0.2, 0) is 22.5 Å². The number of hydrogen-bond donors (Lipinski definition) is 2. The Bertz CT molecular complexity index is 1070. The van der Waals surface area contributed by atoms with Crippen LogP contribution in [0, 0.1) is 0 Å². The standard InChI is InChI=1S/C24H25N3O4/c1-16-13-17-5-3-4-6-21(17)27(16)14-22-20(11-12-31-22)24(29)26-19-9-7-18(8-10-19)25-23(28)15-30-2/h3-12,16H,13-15H2,1-2H3,(H,25,28)(H,26,29). The largest absolute Gasteiger partial charge is 0.467 e. The summed E-state index contributed by atoms with van der Waals surface area (Å²) in [6.07, 6.45) is 2.52. The average Bonchev–Trinajstić information content (AvgIpc) is 3.34. The maximum Gasteiger partial charge on any atom is 0.259 e. The Hall–Kier alpha value is -3.58. The van der Waals surface area contributed by atoms with Crippen LogP contribution in [0.25, 0.3) is 0 Å². The maximum absolute atomic E-state index is 12.9. The molecule has 4 rings (SSSR count). The van der Waals surface area contributed by atoms with Crippen LogP contribution in [0.4, 0.5) is 17.1 Å². The van der Waals surface area contributed by atoms with Gasteiger partial charge in [0.15, 0.2) is 0 Å². The molecule has 0 aliphatic carbocycles. The van der Waals surface area contributed by atoms with Crippen LogP contribution >= 0.6 is 0 Å². The summed E-state index contributed by atoms with van der Waals surface area (Å²) in [5, 5.41) is 5.61. The third kappa shape index (κ3) is 4.62. The lowest BCUT2D eigenvalue weighted by Gasteiger charge is -2.24. The number of methoxy groups -OCH3 is 1. The van der Waals surface area contributed by atoms with Gasteiger partial charge in [-0.2, -0.15) is 0 Å². The van der Waals surface area contributed by atoms with Crippen molar-refractivity contribution in [3.63, 3.8) is 0 Å². The van der Waals surface area contributed by atoms with Crippen molar-refractivity contribution in [1.82, 2.24) is 0 Å². The van der Waals surface area contributed by atoms with Crippen LogP contribution in [-0.4, -0.2) is 31.6 Å². The molecule has 1 aliphatic rings. The van der Waals surface area contributed by atoms with Gasteiger partial charge < -0.3 is 24.7 Å². The highest BCUT2D eigenvalue weighted by molar-refractivity contribution is 6.05. The van der Waals surface area contributed by atoms with Gasteiger partial charge in [0.1, 0.15) is 12.4 Å². The number of rotatable bonds is 7. The van der Waals surface area contributed by atoms with Gasteiger partial charge in [-0.15, -0.1) is 0 Å². The first kappa shape index (κ1) is 20.7. The van der Waals surface area contributed by atoms with E-state index in [0.717, 1.165) is 6.42 Å². The Morgan fingerprint density at radius 2 is 1.77 bits per heavy atom. The van der Waals surface area contributed by atoms with Crippen molar-refractivity contribution in [3.05, 3.63) is 77.7 Å². The lowest BCUT2D eigenvalue weighted by Crippen LogP contribution is -2.29. The molecule has 2 N–H and O–H groups in total. The van der Waals surface area contributed by atoms with Gasteiger partial charge in [0.05, 0.1) is 18.4 Å². The first-order valence-electron chi connectivity index (χ1n) is 10.2. The zero-order chi connectivity index (χ0) is 21.8. The summed E-state index contributed by atoms with van der Waals surface area (Å²) in [4.78, 5) is 26.7. The minimum Gasteiger partial charge on any atom is -0.467 e. The molecule has 160 valence electrons. The number of hydrogen-bond acceptors (Lipinski definition) is 5. The first-order valence-corrected chi connectivity index (χ1v) is 10.2. The van der Waals surface area contributed by atoms with Crippen molar-refractivity contribution >= 4 is 28.9 Å². The van der Waals surface area contributed by atoms with E-state index in [1.54, 1.807) is 36.6 Å². The third-order valence-electron chi connectivity index (χ3n) is 5.35. The molecule has 2 amide bonds. The highest BCUT2D eigenvalue weighted by atomic mass is 16.5. The van der Waals surface area contributed by atoms with Crippen molar-refractivity contribution in [2.24, 2.45) is 0 Å².